The van der Waals surface area contributed by atoms with Gasteiger partial charge in [-0.15, -0.1) is 22.7 Å². The van der Waals surface area contributed by atoms with Crippen molar-refractivity contribution in [1.82, 2.24) is 20.4 Å². The maximum absolute atomic E-state index is 12.3. The highest BCUT2D eigenvalue weighted by atomic mass is 32.1. The number of carbonyl (C=O) groups excluding carboxylic acids is 1. The number of thiophene rings is 2. The Morgan fingerprint density at radius 1 is 1.11 bits per heavy atom. The number of rotatable bonds is 7. The molecule has 2 N–H and O–H groups in total. The van der Waals surface area contributed by atoms with Gasteiger partial charge in [-0.05, 0) is 60.8 Å². The Labute approximate surface area is 169 Å². The Balaban J connectivity index is 1.20. The fourth-order valence-corrected chi connectivity index (χ4v) is 5.77. The molecule has 2 aliphatic heterocycles. The van der Waals surface area contributed by atoms with Crippen LogP contribution >= 0.6 is 22.7 Å². The molecule has 2 aliphatic rings. The van der Waals surface area contributed by atoms with E-state index in [0.717, 1.165) is 39.1 Å². The number of hydrogen-bond acceptors (Lipinski definition) is 5. The predicted octanol–water partition coefficient (Wildman–Crippen LogP) is 3.30. The van der Waals surface area contributed by atoms with Crippen molar-refractivity contribution in [3.05, 3.63) is 44.3 Å². The number of nitrogens with zero attached hydrogens (tertiary/aromatic N) is 2. The molecular weight excluding hydrogens is 376 g/mol. The molecule has 2 aromatic heterocycles. The molecule has 1 fully saturated rings. The summed E-state index contributed by atoms with van der Waals surface area (Å²) in [6.45, 7) is 6.64. The number of hydrogen-bond donors (Lipinski definition) is 2. The van der Waals surface area contributed by atoms with E-state index in [1.807, 2.05) is 11.3 Å². The van der Waals surface area contributed by atoms with Gasteiger partial charge in [-0.1, -0.05) is 6.07 Å². The average molecular weight is 405 g/mol. The molecule has 1 atom stereocenters. The minimum atomic E-state index is -0.0519. The van der Waals surface area contributed by atoms with E-state index in [-0.39, 0.29) is 6.03 Å². The molecule has 7 heteroatoms. The first-order valence-electron chi connectivity index (χ1n) is 9.86. The van der Waals surface area contributed by atoms with Crippen LogP contribution in [0.4, 0.5) is 4.79 Å². The summed E-state index contributed by atoms with van der Waals surface area (Å²) in [7, 11) is 0. The third-order valence-corrected chi connectivity index (χ3v) is 7.51. The van der Waals surface area contributed by atoms with Crippen LogP contribution in [0.15, 0.2) is 29.0 Å². The highest BCUT2D eigenvalue weighted by Gasteiger charge is 2.24. The smallest absolute Gasteiger partial charge is 0.314 e. The van der Waals surface area contributed by atoms with E-state index in [0.29, 0.717) is 19.1 Å². The molecule has 1 saturated heterocycles. The van der Waals surface area contributed by atoms with Crippen LogP contribution in [0.25, 0.3) is 0 Å². The number of likely N-dealkylation sites (tertiary alicyclic amines) is 1. The van der Waals surface area contributed by atoms with Gasteiger partial charge < -0.3 is 10.6 Å². The lowest BCUT2D eigenvalue weighted by Gasteiger charge is -2.28. The van der Waals surface area contributed by atoms with Gasteiger partial charge in [0.15, 0.2) is 0 Å². The normalized spacial score (nSPS) is 19.0. The highest BCUT2D eigenvalue weighted by molar-refractivity contribution is 7.10. The Bertz CT molecular complexity index is 724. The van der Waals surface area contributed by atoms with Crippen molar-refractivity contribution in [3.8, 4) is 0 Å². The summed E-state index contributed by atoms with van der Waals surface area (Å²) in [4.78, 5) is 20.1. The summed E-state index contributed by atoms with van der Waals surface area (Å²) in [5.41, 5.74) is 1.46. The van der Waals surface area contributed by atoms with Gasteiger partial charge in [0.25, 0.3) is 0 Å². The molecule has 0 saturated carbocycles. The molecule has 146 valence electrons. The molecule has 27 heavy (non-hydrogen) atoms. The fraction of sp³-hybridized carbons (Fsp3) is 0.550. The number of fused-ring (bicyclic) bond motifs is 1. The summed E-state index contributed by atoms with van der Waals surface area (Å²) in [6, 6.07) is 6.76. The van der Waals surface area contributed by atoms with E-state index in [2.05, 4.69) is 49.4 Å². The number of amides is 2. The molecule has 4 rings (SSSR count). The van der Waals surface area contributed by atoms with Crippen LogP contribution < -0.4 is 10.6 Å². The Morgan fingerprint density at radius 2 is 2.00 bits per heavy atom. The molecule has 2 aromatic rings. The monoisotopic (exact) mass is 404 g/mol. The quantitative estimate of drug-likeness (QED) is 0.744. The number of nitrogens with one attached hydrogen (secondary N) is 2. The van der Waals surface area contributed by atoms with Gasteiger partial charge in [0, 0.05) is 42.5 Å². The van der Waals surface area contributed by atoms with E-state index in [9.17, 15) is 4.79 Å². The minimum Gasteiger partial charge on any atom is -0.337 e. The molecular formula is C20H28N4OS2. The van der Waals surface area contributed by atoms with Gasteiger partial charge in [0.2, 0.25) is 0 Å². The molecule has 0 bridgehead atoms. The van der Waals surface area contributed by atoms with Crippen molar-refractivity contribution in [2.24, 2.45) is 0 Å². The van der Waals surface area contributed by atoms with Gasteiger partial charge in [-0.25, -0.2) is 4.79 Å². The van der Waals surface area contributed by atoms with Gasteiger partial charge in [-0.2, -0.15) is 0 Å². The summed E-state index contributed by atoms with van der Waals surface area (Å²) in [5, 5.41) is 10.4. The van der Waals surface area contributed by atoms with Crippen LogP contribution in [0.2, 0.25) is 0 Å². The number of urea groups is 1. The summed E-state index contributed by atoms with van der Waals surface area (Å²) < 4.78 is 0. The van der Waals surface area contributed by atoms with E-state index >= 15 is 0 Å². The fourth-order valence-electron chi connectivity index (χ4n) is 4.02. The third-order valence-electron chi connectivity index (χ3n) is 5.51. The maximum atomic E-state index is 12.3. The van der Waals surface area contributed by atoms with E-state index in [4.69, 9.17) is 0 Å². The summed E-state index contributed by atoms with van der Waals surface area (Å²) in [5.74, 6) is 0. The Kier molecular flexibility index (Phi) is 6.44. The van der Waals surface area contributed by atoms with Crippen molar-refractivity contribution in [2.45, 2.75) is 31.8 Å². The van der Waals surface area contributed by atoms with Gasteiger partial charge in [-0.3, -0.25) is 9.80 Å². The van der Waals surface area contributed by atoms with Crippen molar-refractivity contribution < 1.29 is 4.79 Å². The van der Waals surface area contributed by atoms with Crippen molar-refractivity contribution in [1.29, 1.82) is 0 Å². The van der Waals surface area contributed by atoms with Crippen LogP contribution in [-0.4, -0.2) is 55.1 Å². The zero-order valence-electron chi connectivity index (χ0n) is 15.7. The lowest BCUT2D eigenvalue weighted by molar-refractivity contribution is 0.218. The van der Waals surface area contributed by atoms with E-state index in [1.54, 1.807) is 11.3 Å². The molecule has 5 nitrogen and oxygen atoms in total. The molecule has 0 radical (unpaired) electrons. The lowest BCUT2D eigenvalue weighted by atomic mass is 10.1. The maximum Gasteiger partial charge on any atom is 0.314 e. The molecule has 0 spiro atoms. The first kappa shape index (κ1) is 18.9. The predicted molar refractivity (Wildman–Crippen MR) is 113 cm³/mol. The summed E-state index contributed by atoms with van der Waals surface area (Å²) in [6.07, 6.45) is 3.66. The van der Waals surface area contributed by atoms with Gasteiger partial charge in [0.05, 0.1) is 6.04 Å². The van der Waals surface area contributed by atoms with Gasteiger partial charge in [0.1, 0.15) is 0 Å². The van der Waals surface area contributed by atoms with Crippen molar-refractivity contribution in [3.63, 3.8) is 0 Å². The lowest BCUT2D eigenvalue weighted by Crippen LogP contribution is -2.44. The molecule has 1 unspecified atom stereocenters. The van der Waals surface area contributed by atoms with Crippen molar-refractivity contribution >= 4 is 28.7 Å². The van der Waals surface area contributed by atoms with Crippen LogP contribution in [0, 0.1) is 0 Å². The first-order valence-corrected chi connectivity index (χ1v) is 11.6. The topological polar surface area (TPSA) is 47.6 Å². The summed E-state index contributed by atoms with van der Waals surface area (Å²) >= 11 is 3.65. The Morgan fingerprint density at radius 3 is 2.81 bits per heavy atom. The van der Waals surface area contributed by atoms with Crippen LogP contribution in [0.3, 0.4) is 0 Å². The Hall–Kier alpha value is -1.41. The zero-order valence-corrected chi connectivity index (χ0v) is 17.3. The SMILES string of the molecule is O=C(NCCN1CCc2sccc2C1)NCC(c1cccs1)N1CCCC1. The standard InChI is InChI=1S/C20H28N4OS2/c25-20(21-7-11-23-10-5-18-16(15-23)6-13-27-18)22-14-17(19-4-3-12-26-19)24-8-1-2-9-24/h3-4,6,12-13,17H,1-2,5,7-11,14-15H2,(H2,21,22,25). The molecule has 2 amide bonds. The van der Waals surface area contributed by atoms with Crippen LogP contribution in [-0.2, 0) is 13.0 Å². The van der Waals surface area contributed by atoms with Gasteiger partial charge >= 0.3 is 6.03 Å². The minimum absolute atomic E-state index is 0.0519. The first-order chi connectivity index (χ1) is 13.3. The van der Waals surface area contributed by atoms with E-state index in [1.165, 1.54) is 28.2 Å². The van der Waals surface area contributed by atoms with E-state index < -0.39 is 0 Å². The van der Waals surface area contributed by atoms with Crippen LogP contribution in [0.5, 0.6) is 0 Å². The molecule has 0 aliphatic carbocycles. The second-order valence-electron chi connectivity index (χ2n) is 7.31. The average Bonchev–Trinajstić information content (AvgIpc) is 3.44. The second kappa shape index (κ2) is 9.19. The zero-order chi connectivity index (χ0) is 18.5. The van der Waals surface area contributed by atoms with Crippen LogP contribution in [0.1, 0.15) is 34.2 Å². The molecule has 0 aromatic carbocycles. The molecule has 4 heterocycles. The largest absolute Gasteiger partial charge is 0.337 e. The number of carbonyl (C=O) groups is 1. The van der Waals surface area contributed by atoms with Crippen molar-refractivity contribution in [2.75, 3.05) is 39.3 Å². The highest BCUT2D eigenvalue weighted by Crippen LogP contribution is 2.27. The second-order valence-corrected chi connectivity index (χ2v) is 9.29. The third kappa shape index (κ3) is 4.90.